The summed E-state index contributed by atoms with van der Waals surface area (Å²) in [5, 5.41) is 7.15. The van der Waals surface area contributed by atoms with Gasteiger partial charge in [0.25, 0.3) is 0 Å². The topological polar surface area (TPSA) is 41.0 Å². The second kappa shape index (κ2) is 4.03. The summed E-state index contributed by atoms with van der Waals surface area (Å²) in [6.07, 6.45) is 3.58. The molecule has 70 valence electrons. The number of aromatic nitrogens is 2. The SMILES string of the molecule is C=Cc1c(C(C)C)n[nH]c1/C=N\C. The van der Waals surface area contributed by atoms with E-state index >= 15 is 0 Å². The number of nitrogens with one attached hydrogen (secondary N) is 1. The molecule has 0 aliphatic heterocycles. The van der Waals surface area contributed by atoms with E-state index in [0.29, 0.717) is 5.92 Å². The maximum absolute atomic E-state index is 4.22. The Morgan fingerprint density at radius 2 is 2.23 bits per heavy atom. The maximum atomic E-state index is 4.22. The third kappa shape index (κ3) is 1.86. The van der Waals surface area contributed by atoms with Gasteiger partial charge in [-0.05, 0) is 5.92 Å². The fourth-order valence-corrected chi connectivity index (χ4v) is 1.26. The minimum Gasteiger partial charge on any atom is -0.294 e. The second-order valence-electron chi connectivity index (χ2n) is 3.18. The zero-order valence-corrected chi connectivity index (χ0v) is 8.33. The molecule has 3 heteroatoms. The van der Waals surface area contributed by atoms with E-state index in [0.717, 1.165) is 17.0 Å². The van der Waals surface area contributed by atoms with Crippen LogP contribution in [0, 0.1) is 0 Å². The summed E-state index contributed by atoms with van der Waals surface area (Å²) in [5.74, 6) is 0.406. The Bertz CT molecular complexity index is 321. The minimum absolute atomic E-state index is 0.406. The number of aliphatic imine (C=N–C) groups is 1. The van der Waals surface area contributed by atoms with E-state index in [2.05, 4.69) is 35.6 Å². The van der Waals surface area contributed by atoms with E-state index in [-0.39, 0.29) is 0 Å². The van der Waals surface area contributed by atoms with Crippen molar-refractivity contribution in [2.24, 2.45) is 4.99 Å². The van der Waals surface area contributed by atoms with Crippen molar-refractivity contribution in [3.8, 4) is 0 Å². The first-order chi connectivity index (χ1) is 6.20. The van der Waals surface area contributed by atoms with Crippen molar-refractivity contribution in [2.45, 2.75) is 19.8 Å². The number of hydrogen-bond acceptors (Lipinski definition) is 2. The summed E-state index contributed by atoms with van der Waals surface area (Å²) >= 11 is 0. The standard InChI is InChI=1S/C10H15N3/c1-5-8-9(6-11-4)12-13-10(8)7(2)3/h5-7H,1H2,2-4H3,(H,12,13)/b11-6-. The average molecular weight is 177 g/mol. The molecule has 0 fully saturated rings. The first-order valence-electron chi connectivity index (χ1n) is 4.33. The lowest BCUT2D eigenvalue weighted by Gasteiger charge is -2.00. The highest BCUT2D eigenvalue weighted by Crippen LogP contribution is 2.19. The van der Waals surface area contributed by atoms with Crippen LogP contribution in [0.1, 0.15) is 36.7 Å². The maximum Gasteiger partial charge on any atom is 0.0831 e. The third-order valence-electron chi connectivity index (χ3n) is 1.87. The van der Waals surface area contributed by atoms with Crippen molar-refractivity contribution in [1.82, 2.24) is 10.2 Å². The Balaban J connectivity index is 3.17. The van der Waals surface area contributed by atoms with Gasteiger partial charge < -0.3 is 0 Å². The summed E-state index contributed by atoms with van der Waals surface area (Å²) < 4.78 is 0. The zero-order chi connectivity index (χ0) is 9.84. The van der Waals surface area contributed by atoms with Crippen LogP contribution in [-0.2, 0) is 0 Å². The molecule has 1 rings (SSSR count). The molecule has 13 heavy (non-hydrogen) atoms. The largest absolute Gasteiger partial charge is 0.294 e. The summed E-state index contributed by atoms with van der Waals surface area (Å²) in [6, 6.07) is 0. The highest BCUT2D eigenvalue weighted by Gasteiger charge is 2.11. The van der Waals surface area contributed by atoms with E-state index in [1.54, 1.807) is 13.3 Å². The molecule has 1 N–H and O–H groups in total. The van der Waals surface area contributed by atoms with Crippen LogP contribution in [0.2, 0.25) is 0 Å². The highest BCUT2D eigenvalue weighted by molar-refractivity contribution is 5.83. The molecule has 3 nitrogen and oxygen atoms in total. The molecule has 0 aliphatic rings. The van der Waals surface area contributed by atoms with Crippen molar-refractivity contribution in [3.05, 3.63) is 23.5 Å². The fourth-order valence-electron chi connectivity index (χ4n) is 1.26. The van der Waals surface area contributed by atoms with E-state index in [1.807, 2.05) is 6.08 Å². The van der Waals surface area contributed by atoms with Gasteiger partial charge in [0.05, 0.1) is 11.4 Å². The van der Waals surface area contributed by atoms with Crippen LogP contribution in [0.5, 0.6) is 0 Å². The molecule has 0 unspecified atom stereocenters. The Kier molecular flexibility index (Phi) is 3.01. The van der Waals surface area contributed by atoms with E-state index in [4.69, 9.17) is 0 Å². The number of hydrogen-bond donors (Lipinski definition) is 1. The quantitative estimate of drug-likeness (QED) is 0.707. The lowest BCUT2D eigenvalue weighted by Crippen LogP contribution is -1.90. The molecule has 0 aliphatic carbocycles. The molecule has 0 saturated heterocycles. The van der Waals surface area contributed by atoms with E-state index in [1.165, 1.54) is 0 Å². The van der Waals surface area contributed by atoms with Crippen LogP contribution < -0.4 is 0 Å². The molecular formula is C10H15N3. The van der Waals surface area contributed by atoms with Crippen LogP contribution in [-0.4, -0.2) is 23.5 Å². The first-order valence-corrected chi connectivity index (χ1v) is 4.33. The van der Waals surface area contributed by atoms with Gasteiger partial charge in [0.1, 0.15) is 0 Å². The van der Waals surface area contributed by atoms with Gasteiger partial charge in [0.2, 0.25) is 0 Å². The van der Waals surface area contributed by atoms with Crippen molar-refractivity contribution in [3.63, 3.8) is 0 Å². The van der Waals surface area contributed by atoms with Crippen LogP contribution in [0.15, 0.2) is 11.6 Å². The normalized spacial score (nSPS) is 11.4. The third-order valence-corrected chi connectivity index (χ3v) is 1.87. The lowest BCUT2D eigenvalue weighted by atomic mass is 10.0. The van der Waals surface area contributed by atoms with Gasteiger partial charge in [-0.2, -0.15) is 5.10 Å². The molecule has 0 aromatic carbocycles. The first kappa shape index (κ1) is 9.71. The Labute approximate surface area is 78.6 Å². The van der Waals surface area contributed by atoms with E-state index < -0.39 is 0 Å². The molecular weight excluding hydrogens is 162 g/mol. The Morgan fingerprint density at radius 3 is 2.69 bits per heavy atom. The average Bonchev–Trinajstić information content (AvgIpc) is 2.48. The monoisotopic (exact) mass is 177 g/mol. The Hall–Kier alpha value is -1.38. The lowest BCUT2D eigenvalue weighted by molar-refractivity contribution is 0.808. The summed E-state index contributed by atoms with van der Waals surface area (Å²) in [6.45, 7) is 7.98. The van der Waals surface area contributed by atoms with E-state index in [9.17, 15) is 0 Å². The summed E-state index contributed by atoms with van der Waals surface area (Å²) in [7, 11) is 1.74. The highest BCUT2D eigenvalue weighted by atomic mass is 15.1. The van der Waals surface area contributed by atoms with Gasteiger partial charge in [-0.15, -0.1) is 0 Å². The predicted molar refractivity (Wildman–Crippen MR) is 56.3 cm³/mol. The molecule has 0 amide bonds. The van der Waals surface area contributed by atoms with Crippen LogP contribution in [0.4, 0.5) is 0 Å². The molecule has 1 aromatic heterocycles. The number of rotatable bonds is 3. The summed E-state index contributed by atoms with van der Waals surface area (Å²) in [4.78, 5) is 3.94. The molecule has 0 atom stereocenters. The van der Waals surface area contributed by atoms with Crippen molar-refractivity contribution >= 4 is 12.3 Å². The van der Waals surface area contributed by atoms with Crippen molar-refractivity contribution in [1.29, 1.82) is 0 Å². The van der Waals surface area contributed by atoms with Gasteiger partial charge in [-0.1, -0.05) is 26.5 Å². The second-order valence-corrected chi connectivity index (χ2v) is 3.18. The molecule has 0 saturated carbocycles. The van der Waals surface area contributed by atoms with Gasteiger partial charge in [0, 0.05) is 18.8 Å². The van der Waals surface area contributed by atoms with Crippen LogP contribution >= 0.6 is 0 Å². The molecule has 0 bridgehead atoms. The predicted octanol–water partition coefficient (Wildman–Crippen LogP) is 2.22. The molecule has 0 radical (unpaired) electrons. The zero-order valence-electron chi connectivity index (χ0n) is 8.33. The number of aromatic amines is 1. The van der Waals surface area contributed by atoms with Crippen molar-refractivity contribution in [2.75, 3.05) is 7.05 Å². The van der Waals surface area contributed by atoms with Gasteiger partial charge in [0.15, 0.2) is 0 Å². The number of H-pyrrole nitrogens is 1. The van der Waals surface area contributed by atoms with Gasteiger partial charge >= 0.3 is 0 Å². The fraction of sp³-hybridized carbons (Fsp3) is 0.400. The summed E-state index contributed by atoms with van der Waals surface area (Å²) in [5.41, 5.74) is 3.03. The smallest absolute Gasteiger partial charge is 0.0831 e. The Morgan fingerprint density at radius 1 is 1.54 bits per heavy atom. The molecule has 1 aromatic rings. The van der Waals surface area contributed by atoms with Gasteiger partial charge in [-0.3, -0.25) is 10.1 Å². The number of nitrogens with zero attached hydrogens (tertiary/aromatic N) is 2. The molecule has 1 heterocycles. The van der Waals surface area contributed by atoms with Crippen LogP contribution in [0.3, 0.4) is 0 Å². The minimum atomic E-state index is 0.406. The van der Waals surface area contributed by atoms with Crippen LogP contribution in [0.25, 0.3) is 6.08 Å². The van der Waals surface area contributed by atoms with Crippen molar-refractivity contribution < 1.29 is 0 Å². The molecule has 0 spiro atoms. The van der Waals surface area contributed by atoms with Gasteiger partial charge in [-0.25, -0.2) is 0 Å².